The van der Waals surface area contributed by atoms with Crippen LogP contribution in [0.25, 0.3) is 0 Å². The zero-order valence-corrected chi connectivity index (χ0v) is 15.4. The van der Waals surface area contributed by atoms with Crippen molar-refractivity contribution in [2.75, 3.05) is 14.2 Å². The van der Waals surface area contributed by atoms with Gasteiger partial charge in [0.05, 0.1) is 25.8 Å². The number of hydrogen-bond donors (Lipinski definition) is 1. The van der Waals surface area contributed by atoms with Gasteiger partial charge in [-0.05, 0) is 48.7 Å². The van der Waals surface area contributed by atoms with E-state index in [4.69, 9.17) is 9.47 Å². The smallest absolute Gasteiger partial charge is 0.416 e. The Kier molecular flexibility index (Phi) is 6.71. The number of carbonyl (C=O) groups is 1. The lowest BCUT2D eigenvalue weighted by Gasteiger charge is -2.16. The van der Waals surface area contributed by atoms with Gasteiger partial charge in [0, 0.05) is 12.5 Å². The van der Waals surface area contributed by atoms with Gasteiger partial charge < -0.3 is 14.8 Å². The van der Waals surface area contributed by atoms with Crippen LogP contribution in [-0.2, 0) is 17.4 Å². The van der Waals surface area contributed by atoms with Crippen molar-refractivity contribution in [2.45, 2.75) is 32.0 Å². The number of rotatable bonds is 7. The molecule has 0 heterocycles. The molecule has 0 saturated carbocycles. The second-order valence-corrected chi connectivity index (χ2v) is 6.13. The van der Waals surface area contributed by atoms with Crippen molar-refractivity contribution in [1.82, 2.24) is 5.32 Å². The molecule has 0 aromatic heterocycles. The van der Waals surface area contributed by atoms with Crippen LogP contribution in [0.4, 0.5) is 13.2 Å². The first-order valence-electron chi connectivity index (χ1n) is 8.41. The highest BCUT2D eigenvalue weighted by Gasteiger charge is 2.30. The molecule has 0 spiro atoms. The second-order valence-electron chi connectivity index (χ2n) is 6.13. The molecule has 0 aliphatic heterocycles. The summed E-state index contributed by atoms with van der Waals surface area (Å²) in [6.07, 6.45) is -3.65. The van der Waals surface area contributed by atoms with E-state index < -0.39 is 11.7 Å². The molecule has 2 aromatic carbocycles. The maximum absolute atomic E-state index is 12.6. The lowest BCUT2D eigenvalue weighted by molar-refractivity contribution is -0.137. The third-order valence-corrected chi connectivity index (χ3v) is 4.17. The predicted molar refractivity (Wildman–Crippen MR) is 95.9 cm³/mol. The minimum atomic E-state index is -4.37. The minimum Gasteiger partial charge on any atom is -0.497 e. The first-order valence-corrected chi connectivity index (χ1v) is 8.41. The normalized spacial score (nSPS) is 12.4. The van der Waals surface area contributed by atoms with Crippen molar-refractivity contribution in [3.8, 4) is 11.5 Å². The molecule has 2 aromatic rings. The number of benzene rings is 2. The summed E-state index contributed by atoms with van der Waals surface area (Å²) in [6.45, 7) is 1.73. The largest absolute Gasteiger partial charge is 0.497 e. The number of ether oxygens (including phenoxy) is 2. The lowest BCUT2D eigenvalue weighted by Crippen LogP contribution is -2.26. The van der Waals surface area contributed by atoms with Crippen LogP contribution in [0, 0.1) is 0 Å². The number of methoxy groups -OCH3 is 2. The summed E-state index contributed by atoms with van der Waals surface area (Å²) in [4.78, 5) is 12.2. The van der Waals surface area contributed by atoms with Gasteiger partial charge in [0.2, 0.25) is 5.91 Å². The summed E-state index contributed by atoms with van der Waals surface area (Å²) in [7, 11) is 3.11. The Bertz CT molecular complexity index is 751. The van der Waals surface area contributed by atoms with E-state index in [2.05, 4.69) is 5.32 Å². The summed E-state index contributed by atoms with van der Waals surface area (Å²) in [6, 6.07) is 9.79. The molecule has 0 saturated heterocycles. The Hall–Kier alpha value is -2.70. The number of nitrogens with one attached hydrogen (secondary N) is 1. The number of carbonyl (C=O) groups excluding carboxylic acids is 1. The minimum absolute atomic E-state index is 0.191. The van der Waals surface area contributed by atoms with Crippen molar-refractivity contribution in [1.29, 1.82) is 0 Å². The van der Waals surface area contributed by atoms with Gasteiger partial charge in [-0.1, -0.05) is 12.1 Å². The van der Waals surface area contributed by atoms with Crippen molar-refractivity contribution >= 4 is 5.91 Å². The van der Waals surface area contributed by atoms with E-state index in [1.54, 1.807) is 27.2 Å². The summed E-state index contributed by atoms with van der Waals surface area (Å²) in [5.74, 6) is 1.09. The maximum Gasteiger partial charge on any atom is 0.416 e. The van der Waals surface area contributed by atoms with Crippen LogP contribution in [0.1, 0.15) is 36.1 Å². The molecule has 0 bridgehead atoms. The zero-order chi connectivity index (χ0) is 20.0. The van der Waals surface area contributed by atoms with Gasteiger partial charge in [-0.2, -0.15) is 13.2 Å². The van der Waals surface area contributed by atoms with Gasteiger partial charge in [0.25, 0.3) is 0 Å². The Balaban J connectivity index is 1.93. The quantitative estimate of drug-likeness (QED) is 0.766. The molecule has 146 valence electrons. The fourth-order valence-electron chi connectivity index (χ4n) is 2.63. The fourth-order valence-corrected chi connectivity index (χ4v) is 2.63. The van der Waals surface area contributed by atoms with Crippen molar-refractivity contribution in [2.24, 2.45) is 0 Å². The second kappa shape index (κ2) is 8.79. The van der Waals surface area contributed by atoms with Crippen LogP contribution >= 0.6 is 0 Å². The molecule has 0 aliphatic carbocycles. The number of aryl methyl sites for hydroxylation is 1. The third-order valence-electron chi connectivity index (χ3n) is 4.17. The van der Waals surface area contributed by atoms with Crippen molar-refractivity contribution in [3.63, 3.8) is 0 Å². The third kappa shape index (κ3) is 5.91. The van der Waals surface area contributed by atoms with Crippen LogP contribution in [-0.4, -0.2) is 20.1 Å². The van der Waals surface area contributed by atoms with Crippen LogP contribution in [0.3, 0.4) is 0 Å². The topological polar surface area (TPSA) is 47.6 Å². The summed E-state index contributed by atoms with van der Waals surface area (Å²) in [5, 5.41) is 2.80. The van der Waals surface area contributed by atoms with Crippen molar-refractivity contribution in [3.05, 3.63) is 59.2 Å². The van der Waals surface area contributed by atoms with E-state index in [1.165, 1.54) is 12.1 Å². The van der Waals surface area contributed by atoms with E-state index in [1.807, 2.05) is 12.1 Å². The highest BCUT2D eigenvalue weighted by molar-refractivity contribution is 5.76. The molecule has 7 heteroatoms. The molecule has 0 unspecified atom stereocenters. The molecule has 0 aliphatic rings. The molecule has 0 radical (unpaired) electrons. The van der Waals surface area contributed by atoms with Crippen LogP contribution in [0.5, 0.6) is 11.5 Å². The highest BCUT2D eigenvalue weighted by Crippen LogP contribution is 2.30. The standard InChI is InChI=1S/C20H22F3NO3/c1-13(15-5-7-16(8-6-15)20(21,22)23)24-19(25)9-4-14-10-17(26-2)12-18(11-14)27-3/h5-8,10-13H,4,9H2,1-3H3,(H,24,25)/t13-/m1/s1. The Morgan fingerprint density at radius 3 is 2.07 bits per heavy atom. The molecular formula is C20H22F3NO3. The number of amides is 1. The number of hydrogen-bond acceptors (Lipinski definition) is 3. The van der Waals surface area contributed by atoms with Gasteiger partial charge in [0.15, 0.2) is 0 Å². The zero-order valence-electron chi connectivity index (χ0n) is 15.4. The average molecular weight is 381 g/mol. The molecule has 1 atom stereocenters. The average Bonchev–Trinajstić information content (AvgIpc) is 2.65. The van der Waals surface area contributed by atoms with Crippen LogP contribution < -0.4 is 14.8 Å². The van der Waals surface area contributed by atoms with E-state index in [-0.39, 0.29) is 18.4 Å². The van der Waals surface area contributed by atoms with Crippen LogP contribution in [0.15, 0.2) is 42.5 Å². The number of halogens is 3. The SMILES string of the molecule is COc1cc(CCC(=O)N[C@H](C)c2ccc(C(F)(F)F)cc2)cc(OC)c1. The lowest BCUT2D eigenvalue weighted by atomic mass is 10.0. The van der Waals surface area contributed by atoms with Gasteiger partial charge in [-0.15, -0.1) is 0 Å². The van der Waals surface area contributed by atoms with Gasteiger partial charge in [0.1, 0.15) is 11.5 Å². The first kappa shape index (κ1) is 20.6. The van der Waals surface area contributed by atoms with E-state index in [0.717, 1.165) is 17.7 Å². The number of alkyl halides is 3. The van der Waals surface area contributed by atoms with Gasteiger partial charge in [-0.25, -0.2) is 0 Å². The fraction of sp³-hybridized carbons (Fsp3) is 0.350. The molecule has 27 heavy (non-hydrogen) atoms. The van der Waals surface area contributed by atoms with Gasteiger partial charge in [-0.3, -0.25) is 4.79 Å². The van der Waals surface area contributed by atoms with Gasteiger partial charge >= 0.3 is 6.18 Å². The summed E-state index contributed by atoms with van der Waals surface area (Å²) < 4.78 is 48.2. The van der Waals surface area contributed by atoms with E-state index >= 15 is 0 Å². The Morgan fingerprint density at radius 2 is 1.59 bits per heavy atom. The van der Waals surface area contributed by atoms with Crippen LogP contribution in [0.2, 0.25) is 0 Å². The molecular weight excluding hydrogens is 359 g/mol. The molecule has 1 N–H and O–H groups in total. The molecule has 1 amide bonds. The molecule has 4 nitrogen and oxygen atoms in total. The predicted octanol–water partition coefficient (Wildman–Crippen LogP) is 4.53. The summed E-state index contributed by atoms with van der Waals surface area (Å²) >= 11 is 0. The first-order chi connectivity index (χ1) is 12.7. The molecule has 2 rings (SSSR count). The van der Waals surface area contributed by atoms with Crippen molar-refractivity contribution < 1.29 is 27.4 Å². The maximum atomic E-state index is 12.6. The highest BCUT2D eigenvalue weighted by atomic mass is 19.4. The van der Waals surface area contributed by atoms with E-state index in [9.17, 15) is 18.0 Å². The Morgan fingerprint density at radius 1 is 1.04 bits per heavy atom. The summed E-state index contributed by atoms with van der Waals surface area (Å²) in [5.41, 5.74) is 0.791. The van der Waals surface area contributed by atoms with E-state index in [0.29, 0.717) is 23.5 Å². The Labute approximate surface area is 156 Å². The molecule has 0 fully saturated rings. The monoisotopic (exact) mass is 381 g/mol.